The molecule has 0 radical (unpaired) electrons. The molecule has 25 heavy (non-hydrogen) atoms. The molecule has 0 aromatic carbocycles. The van der Waals surface area contributed by atoms with Crippen LogP contribution in [0.4, 0.5) is 0 Å². The zero-order chi connectivity index (χ0) is 19.6. The minimum absolute atomic E-state index is 0.214. The van der Waals surface area contributed by atoms with Crippen LogP contribution in [-0.2, 0) is 14.6 Å². The molecule has 1 aliphatic rings. The Morgan fingerprint density at radius 2 is 1.92 bits per heavy atom. The monoisotopic (exact) mass is 366 g/mol. The van der Waals surface area contributed by atoms with Gasteiger partial charge in [-0.3, -0.25) is 0 Å². The highest BCUT2D eigenvalue weighted by Gasteiger charge is 2.27. The molecule has 0 amide bonds. The summed E-state index contributed by atoms with van der Waals surface area (Å²) in [5.74, 6) is 1.19. The van der Waals surface area contributed by atoms with Gasteiger partial charge >= 0.3 is 0 Å². The Morgan fingerprint density at radius 1 is 1.36 bits per heavy atom. The summed E-state index contributed by atoms with van der Waals surface area (Å²) in [6.07, 6.45) is 9.61. The van der Waals surface area contributed by atoms with Crippen molar-refractivity contribution in [1.82, 2.24) is 0 Å². The third-order valence-corrected chi connectivity index (χ3v) is 4.56. The van der Waals surface area contributed by atoms with Crippen molar-refractivity contribution in [1.29, 1.82) is 0 Å². The molecule has 0 aromatic rings. The minimum Gasteiger partial charge on any atom is -0.464 e. The molecule has 142 valence electrons. The van der Waals surface area contributed by atoms with Crippen molar-refractivity contribution in [2.24, 2.45) is 11.8 Å². The first-order valence-corrected chi connectivity index (χ1v) is 10.7. The minimum atomic E-state index is -3.20. The summed E-state index contributed by atoms with van der Waals surface area (Å²) in [5.41, 5.74) is 3.56. The van der Waals surface area contributed by atoms with Crippen LogP contribution in [0.5, 0.6) is 0 Å². The van der Waals surface area contributed by atoms with E-state index in [-0.39, 0.29) is 5.92 Å². The number of ether oxygens (including phenoxy) is 1. The summed E-state index contributed by atoms with van der Waals surface area (Å²) in [5, 5.41) is 1.04. The molecule has 0 unspecified atom stereocenters. The van der Waals surface area contributed by atoms with Gasteiger partial charge in [0.05, 0.1) is 5.41 Å². The molecular weight excluding hydrogens is 332 g/mol. The van der Waals surface area contributed by atoms with Gasteiger partial charge in [-0.15, -0.1) is 0 Å². The molecule has 1 rings (SSSR count). The summed E-state index contributed by atoms with van der Waals surface area (Å²) in [7, 11) is -3.20. The number of allylic oxidation sites excluding steroid dienone is 5. The fourth-order valence-corrected chi connectivity index (χ4v) is 2.97. The zero-order valence-corrected chi connectivity index (χ0v) is 17.4. The van der Waals surface area contributed by atoms with E-state index >= 15 is 0 Å². The zero-order valence-electron chi connectivity index (χ0n) is 16.6. The van der Waals surface area contributed by atoms with Gasteiger partial charge < -0.3 is 4.74 Å². The largest absolute Gasteiger partial charge is 0.464 e. The van der Waals surface area contributed by atoms with Gasteiger partial charge in [0.15, 0.2) is 9.84 Å². The first kappa shape index (κ1) is 23.4. The predicted molar refractivity (Wildman–Crippen MR) is 109 cm³/mol. The summed E-state index contributed by atoms with van der Waals surface area (Å²) in [6.45, 7) is 18.3. The maximum atomic E-state index is 11.1. The fraction of sp³-hybridized carbons (Fsp3) is 0.524. The van der Waals surface area contributed by atoms with Crippen molar-refractivity contribution >= 4 is 9.84 Å². The van der Waals surface area contributed by atoms with Crippen molar-refractivity contribution in [3.63, 3.8) is 0 Å². The van der Waals surface area contributed by atoms with Crippen molar-refractivity contribution in [3.8, 4) is 0 Å². The van der Waals surface area contributed by atoms with E-state index in [1.54, 1.807) is 6.08 Å². The average molecular weight is 367 g/mol. The lowest BCUT2D eigenvalue weighted by molar-refractivity contribution is 0.347. The summed E-state index contributed by atoms with van der Waals surface area (Å²) in [4.78, 5) is 0. The van der Waals surface area contributed by atoms with E-state index in [2.05, 4.69) is 46.9 Å². The van der Waals surface area contributed by atoms with Crippen LogP contribution in [0.25, 0.3) is 0 Å². The van der Waals surface area contributed by atoms with Gasteiger partial charge in [-0.25, -0.2) is 8.42 Å². The smallest absolute Gasteiger partial charge is 0.171 e. The second-order valence-electron chi connectivity index (χ2n) is 6.71. The lowest BCUT2D eigenvalue weighted by Gasteiger charge is -2.31. The molecule has 2 atom stereocenters. The Bertz CT molecular complexity index is 649. The van der Waals surface area contributed by atoms with E-state index in [1.165, 1.54) is 18.3 Å². The lowest BCUT2D eigenvalue weighted by atomic mass is 9.74. The maximum Gasteiger partial charge on any atom is 0.171 e. The van der Waals surface area contributed by atoms with Crippen LogP contribution in [0, 0.1) is 11.8 Å². The number of sulfone groups is 1. The van der Waals surface area contributed by atoms with Gasteiger partial charge in [0.25, 0.3) is 0 Å². The highest BCUT2D eigenvalue weighted by atomic mass is 32.2. The number of hydrogen-bond acceptors (Lipinski definition) is 3. The molecule has 0 bridgehead atoms. The topological polar surface area (TPSA) is 43.4 Å². The second kappa shape index (κ2) is 11.1. The Kier molecular flexibility index (Phi) is 10.4. The van der Waals surface area contributed by atoms with Crippen molar-refractivity contribution in [2.45, 2.75) is 53.9 Å². The molecule has 0 aliphatic heterocycles. The Hall–Kier alpha value is -1.55. The van der Waals surface area contributed by atoms with E-state index in [1.807, 2.05) is 6.92 Å². The third kappa shape index (κ3) is 8.92. The molecule has 0 fully saturated rings. The van der Waals surface area contributed by atoms with Gasteiger partial charge in [-0.05, 0) is 51.2 Å². The van der Waals surface area contributed by atoms with E-state index in [4.69, 9.17) is 4.74 Å². The number of hydrogen-bond donors (Lipinski definition) is 0. The molecule has 3 nitrogen and oxygen atoms in total. The average Bonchev–Trinajstić information content (AvgIpc) is 2.50. The highest BCUT2D eigenvalue weighted by Crippen LogP contribution is 2.38. The molecule has 0 saturated carbocycles. The van der Waals surface area contributed by atoms with Gasteiger partial charge in [0.1, 0.15) is 12.0 Å². The van der Waals surface area contributed by atoms with E-state index in [0.717, 1.165) is 35.7 Å². The maximum absolute atomic E-state index is 11.1. The Balaban J connectivity index is 0.00000178. The van der Waals surface area contributed by atoms with Crippen molar-refractivity contribution in [3.05, 3.63) is 59.5 Å². The quantitative estimate of drug-likeness (QED) is 0.332. The summed E-state index contributed by atoms with van der Waals surface area (Å²) >= 11 is 0. The normalized spacial score (nSPS) is 21.6. The molecule has 0 spiro atoms. The standard InChI is InChI=1S/C18H26O3S.C3H8/c1-7-18(21-10-11-22(6,19)20)15(5)17-12-14(4)8-9-16(17)13(2)3;1-3-2/h7,10-12,16-17H,1-2,8-9H2,3-6H3;3H2,1-2H3/b11-10+,18-15-;/t16-,17-;/m0./s1. The second-order valence-corrected chi connectivity index (χ2v) is 8.64. The predicted octanol–water partition coefficient (Wildman–Crippen LogP) is 5.94. The first-order chi connectivity index (χ1) is 11.6. The van der Waals surface area contributed by atoms with Crippen LogP contribution in [0.2, 0.25) is 0 Å². The molecule has 0 saturated heterocycles. The number of rotatable bonds is 6. The molecule has 0 N–H and O–H groups in total. The van der Waals surface area contributed by atoms with Crippen LogP contribution in [-0.4, -0.2) is 14.7 Å². The Morgan fingerprint density at radius 3 is 2.36 bits per heavy atom. The van der Waals surface area contributed by atoms with Crippen LogP contribution >= 0.6 is 0 Å². The van der Waals surface area contributed by atoms with Crippen LogP contribution in [0.15, 0.2) is 59.5 Å². The van der Waals surface area contributed by atoms with Crippen LogP contribution in [0.3, 0.4) is 0 Å². The Labute approximate surface area is 154 Å². The van der Waals surface area contributed by atoms with Gasteiger partial charge in [0.2, 0.25) is 0 Å². The molecule has 4 heteroatoms. The van der Waals surface area contributed by atoms with Crippen LogP contribution in [0.1, 0.15) is 53.9 Å². The van der Waals surface area contributed by atoms with Crippen molar-refractivity contribution < 1.29 is 13.2 Å². The van der Waals surface area contributed by atoms with E-state index in [9.17, 15) is 8.42 Å². The SMILES string of the molecule is C=C/C(O/C=C/S(C)(=O)=O)=C(\C)[C@@H]1C=C(C)CC[C@H]1C(=C)C.CCC. The van der Waals surface area contributed by atoms with Gasteiger partial charge in [-0.2, -0.15) is 0 Å². The van der Waals surface area contributed by atoms with E-state index < -0.39 is 9.84 Å². The first-order valence-electron chi connectivity index (χ1n) is 8.76. The van der Waals surface area contributed by atoms with Crippen LogP contribution < -0.4 is 0 Å². The third-order valence-electron chi connectivity index (χ3n) is 3.95. The van der Waals surface area contributed by atoms with Crippen molar-refractivity contribution in [2.75, 3.05) is 6.26 Å². The molecule has 0 aromatic heterocycles. The highest BCUT2D eigenvalue weighted by molar-refractivity contribution is 7.93. The van der Waals surface area contributed by atoms with E-state index in [0.29, 0.717) is 11.7 Å². The summed E-state index contributed by atoms with van der Waals surface area (Å²) in [6, 6.07) is 0. The molecule has 0 heterocycles. The van der Waals surface area contributed by atoms with Gasteiger partial charge in [0, 0.05) is 12.2 Å². The van der Waals surface area contributed by atoms with Gasteiger partial charge in [-0.1, -0.05) is 50.6 Å². The summed E-state index contributed by atoms with van der Waals surface area (Å²) < 4.78 is 27.7. The molecular formula is C21H34O3S. The lowest BCUT2D eigenvalue weighted by Crippen LogP contribution is -2.20. The molecule has 1 aliphatic carbocycles. The fourth-order valence-electron chi connectivity index (χ4n) is 2.72.